The first-order chi connectivity index (χ1) is 15.1. The Balaban J connectivity index is -0.000000226. The Morgan fingerprint density at radius 3 is 1.16 bits per heavy atom. The van der Waals surface area contributed by atoms with Gasteiger partial charge in [-0.3, -0.25) is 18.9 Å². The van der Waals surface area contributed by atoms with Crippen LogP contribution < -0.4 is 0 Å². The van der Waals surface area contributed by atoms with Gasteiger partial charge >= 0.3 is 17.9 Å². The van der Waals surface area contributed by atoms with Crippen molar-refractivity contribution in [3.05, 3.63) is 0 Å². The number of carboxylic acid groups (broad SMARTS) is 2. The number of hydrogen-bond donors (Lipinski definition) is 4. The van der Waals surface area contributed by atoms with Crippen LogP contribution in [0.2, 0.25) is 0 Å². The minimum atomic E-state index is -3.12. The highest BCUT2D eigenvalue weighted by Gasteiger charge is 1.97. The van der Waals surface area contributed by atoms with Crippen LogP contribution in [-0.2, 0) is 30.1 Å². The number of ether oxygens (including phenoxy) is 1. The van der Waals surface area contributed by atoms with Crippen molar-refractivity contribution < 1.29 is 42.3 Å². The topological polar surface area (TPSA) is 155 Å². The van der Waals surface area contributed by atoms with Crippen LogP contribution in [0.15, 0.2) is 0 Å². The maximum absolute atomic E-state index is 10.9. The predicted octanol–water partition coefficient (Wildman–Crippen LogP) is 5.28. The van der Waals surface area contributed by atoms with Crippen LogP contribution in [0.4, 0.5) is 0 Å². The molecule has 0 heterocycles. The van der Waals surface area contributed by atoms with Gasteiger partial charge in [-0.2, -0.15) is 0 Å². The zero-order chi connectivity index (χ0) is 25.6. The highest BCUT2D eigenvalue weighted by atomic mass is 32.2. The molecule has 0 aliphatic rings. The van der Waals surface area contributed by atoms with E-state index in [9.17, 15) is 14.4 Å². The van der Waals surface area contributed by atoms with E-state index in [1.165, 1.54) is 64.2 Å². The fourth-order valence-corrected chi connectivity index (χ4v) is 2.05. The number of thiol groups is 1. The molecule has 0 saturated carbocycles. The minimum Gasteiger partial charge on any atom is -0.481 e. The maximum Gasteiger partial charge on any atom is 0.305 e. The molecule has 0 aromatic rings. The molecule has 0 unspecified atom stereocenters. The molecule has 3 N–H and O–H groups in total. The Kier molecular flexibility index (Phi) is 39.9. The molecule has 0 saturated heterocycles. The number of rotatable bonds is 15. The Hall–Kier alpha value is -1.68. The van der Waals surface area contributed by atoms with E-state index in [1.54, 1.807) is 13.8 Å². The van der Waals surface area contributed by atoms with Crippen LogP contribution in [0.3, 0.4) is 0 Å². The minimum absolute atomic E-state index is 0.0675. The molecule has 10 heteroatoms. The summed E-state index contributed by atoms with van der Waals surface area (Å²) in [5, 5.41) is 15.4. The summed E-state index contributed by atoms with van der Waals surface area (Å²) < 4.78 is 29.2. The van der Waals surface area contributed by atoms with Gasteiger partial charge in [-0.1, -0.05) is 91.9 Å². The molecule has 0 spiro atoms. The van der Waals surface area contributed by atoms with E-state index in [0.717, 1.165) is 6.42 Å². The molecule has 0 aromatic carbocycles. The zero-order valence-corrected chi connectivity index (χ0v) is 21.2. The lowest BCUT2D eigenvalue weighted by atomic mass is 10.1. The SMILES string of the molecule is CCC(=O)O.CCC(=O)O.CCCCCCCCCCCCCOC(=O)CC.O=[SH](=O)O. The van der Waals surface area contributed by atoms with Crippen LogP contribution in [0.25, 0.3) is 0 Å². The molecule has 9 nitrogen and oxygen atoms in total. The molecule has 0 rings (SSSR count). The van der Waals surface area contributed by atoms with Gasteiger partial charge in [0, 0.05) is 19.3 Å². The zero-order valence-electron chi connectivity index (χ0n) is 20.3. The first-order valence-electron chi connectivity index (χ1n) is 11.5. The lowest BCUT2D eigenvalue weighted by Gasteiger charge is -2.03. The van der Waals surface area contributed by atoms with E-state index in [-0.39, 0.29) is 18.8 Å². The van der Waals surface area contributed by atoms with Crippen molar-refractivity contribution >= 4 is 28.9 Å². The Morgan fingerprint density at radius 2 is 0.906 bits per heavy atom. The van der Waals surface area contributed by atoms with Gasteiger partial charge in [0.05, 0.1) is 6.61 Å². The van der Waals surface area contributed by atoms with Crippen LogP contribution in [0.5, 0.6) is 0 Å². The lowest BCUT2D eigenvalue weighted by Crippen LogP contribution is -2.03. The van der Waals surface area contributed by atoms with Gasteiger partial charge in [0.25, 0.3) is 11.0 Å². The van der Waals surface area contributed by atoms with Crippen molar-refractivity contribution in [2.75, 3.05) is 6.61 Å². The van der Waals surface area contributed by atoms with Crippen molar-refractivity contribution in [2.45, 2.75) is 118 Å². The number of esters is 1. The molecule has 0 amide bonds. The summed E-state index contributed by atoms with van der Waals surface area (Å²) in [4.78, 5) is 29.6. The molecule has 0 fully saturated rings. The van der Waals surface area contributed by atoms with Crippen molar-refractivity contribution in [2.24, 2.45) is 0 Å². The largest absolute Gasteiger partial charge is 0.481 e. The summed E-state index contributed by atoms with van der Waals surface area (Å²) in [6.07, 6.45) is 15.6. The van der Waals surface area contributed by atoms with E-state index in [2.05, 4.69) is 6.92 Å². The van der Waals surface area contributed by atoms with Crippen molar-refractivity contribution in [1.82, 2.24) is 0 Å². The fraction of sp³-hybridized carbons (Fsp3) is 0.864. The summed E-state index contributed by atoms with van der Waals surface area (Å²) in [5.41, 5.74) is 0. The first kappa shape index (κ1) is 37.6. The maximum atomic E-state index is 10.9. The van der Waals surface area contributed by atoms with Gasteiger partial charge in [0.2, 0.25) is 0 Å². The van der Waals surface area contributed by atoms with Crippen molar-refractivity contribution in [1.29, 1.82) is 0 Å². The Morgan fingerprint density at radius 1 is 0.625 bits per heavy atom. The van der Waals surface area contributed by atoms with Gasteiger partial charge in [-0.25, -0.2) is 8.42 Å². The number of carbonyl (C=O) groups is 3. The summed E-state index contributed by atoms with van der Waals surface area (Å²) in [6, 6.07) is 0. The third kappa shape index (κ3) is 63.0. The molecule has 0 radical (unpaired) electrons. The summed E-state index contributed by atoms with van der Waals surface area (Å²) in [7, 11) is -3.12. The quantitative estimate of drug-likeness (QED) is 0.105. The van der Waals surface area contributed by atoms with E-state index in [4.69, 9.17) is 27.9 Å². The van der Waals surface area contributed by atoms with Crippen molar-refractivity contribution in [3.63, 3.8) is 0 Å². The molecule has 0 aromatic heterocycles. The van der Waals surface area contributed by atoms with Crippen LogP contribution in [0, 0.1) is 0 Å². The number of aliphatic carboxylic acids is 2. The molecule has 0 aliphatic carbocycles. The van der Waals surface area contributed by atoms with Gasteiger partial charge in [-0.05, 0) is 6.42 Å². The third-order valence-corrected chi connectivity index (χ3v) is 3.90. The van der Waals surface area contributed by atoms with E-state index in [1.807, 2.05) is 6.92 Å². The molecule has 32 heavy (non-hydrogen) atoms. The second-order valence-electron chi connectivity index (χ2n) is 6.84. The second kappa shape index (κ2) is 33.9. The Bertz CT molecular complexity index is 470. The van der Waals surface area contributed by atoms with Gasteiger partial charge in [-0.15, -0.1) is 0 Å². The smallest absolute Gasteiger partial charge is 0.305 e. The molecule has 0 atom stereocenters. The van der Waals surface area contributed by atoms with Gasteiger partial charge in [0.1, 0.15) is 0 Å². The van der Waals surface area contributed by atoms with Gasteiger partial charge in [0.15, 0.2) is 0 Å². The number of carbonyl (C=O) groups excluding carboxylic acids is 1. The summed E-state index contributed by atoms with van der Waals surface area (Å²) in [5.74, 6) is -1.56. The Labute approximate surface area is 195 Å². The number of hydrogen-bond acceptors (Lipinski definition) is 6. The second-order valence-corrected chi connectivity index (χ2v) is 7.32. The standard InChI is InChI=1S/C16H32O2.2C3H6O2.H2O3S/c1-3-5-6-7-8-9-10-11-12-13-14-15-18-16(17)4-2;2*1-2-3(4)5;1-4(2)3/h3-15H2,1-2H3;2*2H2,1H3,(H,4,5);4H,(H,1,2,3). The van der Waals surface area contributed by atoms with E-state index >= 15 is 0 Å². The highest BCUT2D eigenvalue weighted by molar-refractivity contribution is 7.66. The van der Waals surface area contributed by atoms with Crippen molar-refractivity contribution in [3.8, 4) is 0 Å². The summed E-state index contributed by atoms with van der Waals surface area (Å²) in [6.45, 7) is 7.91. The van der Waals surface area contributed by atoms with Crippen LogP contribution in [0.1, 0.15) is 118 Å². The average Bonchev–Trinajstić information content (AvgIpc) is 2.74. The van der Waals surface area contributed by atoms with Crippen LogP contribution in [-0.4, -0.2) is 47.7 Å². The fourth-order valence-electron chi connectivity index (χ4n) is 2.05. The molecular formula is C22H46O9S. The molecule has 0 aliphatic heterocycles. The molecule has 0 bridgehead atoms. The predicted molar refractivity (Wildman–Crippen MR) is 127 cm³/mol. The van der Waals surface area contributed by atoms with Gasteiger partial charge < -0.3 is 14.9 Å². The number of carboxylic acids is 2. The highest BCUT2D eigenvalue weighted by Crippen LogP contribution is 2.11. The third-order valence-electron chi connectivity index (χ3n) is 3.90. The average molecular weight is 487 g/mol. The first-order valence-corrected chi connectivity index (χ1v) is 12.6. The monoisotopic (exact) mass is 486 g/mol. The molecule has 194 valence electrons. The lowest BCUT2D eigenvalue weighted by molar-refractivity contribution is -0.143. The molecular weight excluding hydrogens is 440 g/mol. The van der Waals surface area contributed by atoms with Crippen LogP contribution >= 0.6 is 0 Å². The van der Waals surface area contributed by atoms with E-state index < -0.39 is 22.9 Å². The normalized spacial score (nSPS) is 9.31. The number of unbranched alkanes of at least 4 members (excludes halogenated alkanes) is 10. The van der Waals surface area contributed by atoms with E-state index in [0.29, 0.717) is 13.0 Å². The summed E-state index contributed by atoms with van der Waals surface area (Å²) >= 11 is 0.